The Labute approximate surface area is 85.6 Å². The van der Waals surface area contributed by atoms with Crippen molar-refractivity contribution >= 4 is 23.5 Å². The lowest BCUT2D eigenvalue weighted by Crippen LogP contribution is -2.25. The SMILES string of the molecule is CSCCCNC(=O)c1nonc1N. The number of carbonyl (C=O) groups is 1. The highest BCUT2D eigenvalue weighted by atomic mass is 32.2. The van der Waals surface area contributed by atoms with Gasteiger partial charge in [0.05, 0.1) is 0 Å². The van der Waals surface area contributed by atoms with Gasteiger partial charge in [-0.25, -0.2) is 4.63 Å². The van der Waals surface area contributed by atoms with Gasteiger partial charge >= 0.3 is 0 Å². The second-order valence-corrected chi connectivity index (χ2v) is 3.59. The van der Waals surface area contributed by atoms with E-state index >= 15 is 0 Å². The van der Waals surface area contributed by atoms with Crippen LogP contribution in [0.4, 0.5) is 5.82 Å². The minimum Gasteiger partial charge on any atom is -0.379 e. The molecule has 0 spiro atoms. The van der Waals surface area contributed by atoms with Crippen LogP contribution in [0.2, 0.25) is 0 Å². The Morgan fingerprint density at radius 3 is 3.00 bits per heavy atom. The highest BCUT2D eigenvalue weighted by Gasteiger charge is 2.14. The molecule has 0 saturated carbocycles. The summed E-state index contributed by atoms with van der Waals surface area (Å²) in [7, 11) is 0. The van der Waals surface area contributed by atoms with Gasteiger partial charge in [-0.05, 0) is 28.7 Å². The van der Waals surface area contributed by atoms with Crippen molar-refractivity contribution in [3.05, 3.63) is 5.69 Å². The van der Waals surface area contributed by atoms with E-state index in [0.29, 0.717) is 6.54 Å². The van der Waals surface area contributed by atoms with Gasteiger partial charge in [-0.1, -0.05) is 0 Å². The first-order chi connectivity index (χ1) is 6.75. The quantitative estimate of drug-likeness (QED) is 0.680. The molecule has 7 heteroatoms. The smallest absolute Gasteiger partial charge is 0.277 e. The number of nitrogens with one attached hydrogen (secondary N) is 1. The van der Waals surface area contributed by atoms with Crippen molar-refractivity contribution in [1.29, 1.82) is 0 Å². The maximum Gasteiger partial charge on any atom is 0.277 e. The topological polar surface area (TPSA) is 94.0 Å². The predicted molar refractivity (Wildman–Crippen MR) is 54.0 cm³/mol. The van der Waals surface area contributed by atoms with Gasteiger partial charge in [0.1, 0.15) is 0 Å². The number of hydrogen-bond donors (Lipinski definition) is 2. The third-order valence-electron chi connectivity index (χ3n) is 1.54. The zero-order valence-electron chi connectivity index (χ0n) is 7.82. The van der Waals surface area contributed by atoms with Crippen LogP contribution in [0, 0.1) is 0 Å². The number of carbonyl (C=O) groups excluding carboxylic acids is 1. The summed E-state index contributed by atoms with van der Waals surface area (Å²) in [5, 5.41) is 9.36. The molecule has 14 heavy (non-hydrogen) atoms. The molecule has 0 fully saturated rings. The van der Waals surface area contributed by atoms with E-state index in [1.807, 2.05) is 6.26 Å². The summed E-state index contributed by atoms with van der Waals surface area (Å²) in [5.41, 5.74) is 5.39. The molecular weight excluding hydrogens is 204 g/mol. The first-order valence-corrected chi connectivity index (χ1v) is 5.50. The Bertz CT molecular complexity index is 302. The van der Waals surface area contributed by atoms with Crippen molar-refractivity contribution in [3.8, 4) is 0 Å². The van der Waals surface area contributed by atoms with Crippen LogP contribution in [0.25, 0.3) is 0 Å². The normalized spacial score (nSPS) is 10.1. The molecule has 0 aliphatic heterocycles. The van der Waals surface area contributed by atoms with Crippen LogP contribution in [-0.4, -0.2) is 34.8 Å². The zero-order valence-corrected chi connectivity index (χ0v) is 8.63. The number of aromatic nitrogens is 2. The number of nitrogens with zero attached hydrogens (tertiary/aromatic N) is 2. The predicted octanol–water partition coefficient (Wildman–Crippen LogP) is 0.135. The van der Waals surface area contributed by atoms with E-state index in [0.717, 1.165) is 12.2 Å². The Morgan fingerprint density at radius 1 is 1.64 bits per heavy atom. The summed E-state index contributed by atoms with van der Waals surface area (Å²) < 4.78 is 4.30. The zero-order chi connectivity index (χ0) is 10.4. The average Bonchev–Trinajstić information content (AvgIpc) is 2.59. The Balaban J connectivity index is 2.32. The fraction of sp³-hybridized carbons (Fsp3) is 0.571. The van der Waals surface area contributed by atoms with Crippen molar-refractivity contribution in [3.63, 3.8) is 0 Å². The number of rotatable bonds is 5. The summed E-state index contributed by atoms with van der Waals surface area (Å²) in [6.45, 7) is 0.603. The third kappa shape index (κ3) is 2.91. The molecule has 1 heterocycles. The van der Waals surface area contributed by atoms with Crippen LogP contribution in [0.15, 0.2) is 4.63 Å². The lowest BCUT2D eigenvalue weighted by Gasteiger charge is -2.00. The molecule has 0 aliphatic rings. The molecule has 1 amide bonds. The standard InChI is InChI=1S/C7H12N4O2S/c1-14-4-2-3-9-7(12)5-6(8)11-13-10-5/h2-4H2,1H3,(H2,8,11)(H,9,12). The highest BCUT2D eigenvalue weighted by Crippen LogP contribution is 2.03. The molecule has 0 aromatic carbocycles. The molecule has 0 unspecified atom stereocenters. The second kappa shape index (κ2) is 5.48. The molecule has 0 aliphatic carbocycles. The molecule has 3 N–H and O–H groups in total. The molecule has 0 saturated heterocycles. The number of anilines is 1. The Morgan fingerprint density at radius 2 is 2.43 bits per heavy atom. The number of thioether (sulfide) groups is 1. The molecule has 1 aromatic heterocycles. The monoisotopic (exact) mass is 216 g/mol. The maximum atomic E-state index is 11.3. The van der Waals surface area contributed by atoms with Gasteiger partial charge in [-0.3, -0.25) is 4.79 Å². The lowest BCUT2D eigenvalue weighted by atomic mass is 10.4. The minimum atomic E-state index is -0.343. The second-order valence-electron chi connectivity index (χ2n) is 2.60. The van der Waals surface area contributed by atoms with Crippen molar-refractivity contribution in [1.82, 2.24) is 15.6 Å². The third-order valence-corrected chi connectivity index (χ3v) is 2.24. The molecule has 6 nitrogen and oxygen atoms in total. The first kappa shape index (κ1) is 10.8. The van der Waals surface area contributed by atoms with Crippen LogP contribution in [0.5, 0.6) is 0 Å². The average molecular weight is 216 g/mol. The summed E-state index contributed by atoms with van der Waals surface area (Å²) in [6, 6.07) is 0. The van der Waals surface area contributed by atoms with E-state index in [1.165, 1.54) is 0 Å². The number of amides is 1. The van der Waals surface area contributed by atoms with E-state index in [-0.39, 0.29) is 17.4 Å². The van der Waals surface area contributed by atoms with E-state index in [9.17, 15) is 4.79 Å². The lowest BCUT2D eigenvalue weighted by molar-refractivity contribution is 0.0944. The number of nitrogen functional groups attached to an aromatic ring is 1. The summed E-state index contributed by atoms with van der Waals surface area (Å²) in [4.78, 5) is 11.3. The van der Waals surface area contributed by atoms with E-state index < -0.39 is 0 Å². The number of hydrogen-bond acceptors (Lipinski definition) is 6. The molecule has 1 aromatic rings. The van der Waals surface area contributed by atoms with Crippen LogP contribution < -0.4 is 11.1 Å². The van der Waals surface area contributed by atoms with Gasteiger partial charge in [0, 0.05) is 6.54 Å². The van der Waals surface area contributed by atoms with Crippen LogP contribution in [0.1, 0.15) is 16.9 Å². The van der Waals surface area contributed by atoms with Crippen molar-refractivity contribution in [2.75, 3.05) is 24.3 Å². The van der Waals surface area contributed by atoms with Crippen molar-refractivity contribution in [2.24, 2.45) is 0 Å². The van der Waals surface area contributed by atoms with Gasteiger partial charge in [-0.2, -0.15) is 11.8 Å². The molecular formula is C7H12N4O2S. The Kier molecular flexibility index (Phi) is 4.24. The van der Waals surface area contributed by atoms with Gasteiger partial charge in [0.2, 0.25) is 11.5 Å². The van der Waals surface area contributed by atoms with E-state index in [2.05, 4.69) is 20.3 Å². The van der Waals surface area contributed by atoms with Gasteiger partial charge in [0.15, 0.2) is 0 Å². The summed E-state index contributed by atoms with van der Waals surface area (Å²) >= 11 is 1.73. The van der Waals surface area contributed by atoms with Gasteiger partial charge in [0.25, 0.3) is 5.91 Å². The molecule has 0 radical (unpaired) electrons. The van der Waals surface area contributed by atoms with E-state index in [4.69, 9.17) is 5.73 Å². The van der Waals surface area contributed by atoms with Crippen LogP contribution in [0.3, 0.4) is 0 Å². The number of nitrogens with two attached hydrogens (primary N) is 1. The van der Waals surface area contributed by atoms with Gasteiger partial charge < -0.3 is 11.1 Å². The first-order valence-electron chi connectivity index (χ1n) is 4.11. The summed E-state index contributed by atoms with van der Waals surface area (Å²) in [6.07, 6.45) is 2.93. The molecule has 78 valence electrons. The highest BCUT2D eigenvalue weighted by molar-refractivity contribution is 7.98. The summed E-state index contributed by atoms with van der Waals surface area (Å²) in [5.74, 6) is 0.685. The maximum absolute atomic E-state index is 11.3. The van der Waals surface area contributed by atoms with Crippen LogP contribution >= 0.6 is 11.8 Å². The van der Waals surface area contributed by atoms with Gasteiger partial charge in [-0.15, -0.1) is 0 Å². The fourth-order valence-electron chi connectivity index (χ4n) is 0.855. The van der Waals surface area contributed by atoms with Crippen molar-refractivity contribution in [2.45, 2.75) is 6.42 Å². The fourth-order valence-corrected chi connectivity index (χ4v) is 1.29. The Hall–Kier alpha value is -1.24. The van der Waals surface area contributed by atoms with Crippen LogP contribution in [-0.2, 0) is 0 Å². The van der Waals surface area contributed by atoms with E-state index in [1.54, 1.807) is 11.8 Å². The largest absolute Gasteiger partial charge is 0.379 e. The molecule has 1 rings (SSSR count). The molecule has 0 bridgehead atoms. The molecule has 0 atom stereocenters. The minimum absolute atomic E-state index is 0.0207. The van der Waals surface area contributed by atoms with Crippen molar-refractivity contribution < 1.29 is 9.42 Å².